The summed E-state index contributed by atoms with van der Waals surface area (Å²) in [6.45, 7) is 2.26. The van der Waals surface area contributed by atoms with E-state index in [4.69, 9.17) is 10.5 Å². The Morgan fingerprint density at radius 3 is 2.90 bits per heavy atom. The van der Waals surface area contributed by atoms with Gasteiger partial charge in [-0.2, -0.15) is 17.4 Å². The minimum Gasteiger partial charge on any atom is -0.379 e. The summed E-state index contributed by atoms with van der Waals surface area (Å²) in [6.07, 6.45) is 0. The van der Waals surface area contributed by atoms with Gasteiger partial charge in [0, 0.05) is 35.5 Å². The van der Waals surface area contributed by atoms with Crippen molar-refractivity contribution in [3.8, 4) is 11.8 Å². The van der Waals surface area contributed by atoms with Crippen LogP contribution in [0.4, 0.5) is 0 Å². The molecule has 1 fully saturated rings. The smallest absolute Gasteiger partial charge is 0.279 e. The van der Waals surface area contributed by atoms with Crippen LogP contribution >= 0.6 is 11.3 Å². The topological polar surface area (TPSA) is 84.7 Å². The van der Waals surface area contributed by atoms with Crippen molar-refractivity contribution >= 4 is 21.5 Å². The molecule has 0 saturated carbocycles. The average molecular weight is 315 g/mol. The molecule has 2 rings (SSSR count). The Morgan fingerprint density at radius 1 is 1.45 bits per heavy atom. The summed E-state index contributed by atoms with van der Waals surface area (Å²) in [7, 11) is -3.44. The van der Waals surface area contributed by atoms with Crippen molar-refractivity contribution in [3.05, 3.63) is 21.9 Å². The molecule has 1 aromatic rings. The van der Waals surface area contributed by atoms with Crippen LogP contribution in [0.2, 0.25) is 0 Å². The molecule has 20 heavy (non-hydrogen) atoms. The number of nitrogens with zero attached hydrogens (tertiary/aromatic N) is 1. The molecule has 6 nitrogen and oxygen atoms in total. The summed E-state index contributed by atoms with van der Waals surface area (Å²) in [6, 6.07) is 1.87. The molecule has 8 heteroatoms. The highest BCUT2D eigenvalue weighted by molar-refractivity contribution is 7.87. The fourth-order valence-electron chi connectivity index (χ4n) is 1.73. The second-order valence-electron chi connectivity index (χ2n) is 4.15. The minimum atomic E-state index is -3.44. The van der Waals surface area contributed by atoms with Gasteiger partial charge in [-0.25, -0.2) is 0 Å². The van der Waals surface area contributed by atoms with Gasteiger partial charge >= 0.3 is 0 Å². The van der Waals surface area contributed by atoms with Crippen molar-refractivity contribution in [2.24, 2.45) is 5.73 Å². The van der Waals surface area contributed by atoms with E-state index in [9.17, 15) is 8.42 Å². The van der Waals surface area contributed by atoms with Crippen LogP contribution in [0.15, 0.2) is 11.4 Å². The number of nitrogens with two attached hydrogens (primary N) is 1. The highest BCUT2D eigenvalue weighted by Gasteiger charge is 2.23. The Balaban J connectivity index is 1.92. The summed E-state index contributed by atoms with van der Waals surface area (Å²) in [4.78, 5) is 0.920. The fourth-order valence-corrected chi connectivity index (χ4v) is 3.73. The Morgan fingerprint density at radius 2 is 2.20 bits per heavy atom. The summed E-state index contributed by atoms with van der Waals surface area (Å²) >= 11 is 1.47. The van der Waals surface area contributed by atoms with Crippen LogP contribution in [0.25, 0.3) is 0 Å². The summed E-state index contributed by atoms with van der Waals surface area (Å²) in [5.41, 5.74) is 6.17. The number of morpholine rings is 1. The van der Waals surface area contributed by atoms with Gasteiger partial charge in [-0.05, 0) is 6.07 Å². The number of nitrogens with one attached hydrogen (secondary N) is 1. The van der Waals surface area contributed by atoms with E-state index < -0.39 is 10.2 Å². The molecule has 2 heterocycles. The molecule has 0 aliphatic carbocycles. The molecule has 1 aliphatic heterocycles. The maximum atomic E-state index is 12.1. The monoisotopic (exact) mass is 315 g/mol. The molecule has 1 aromatic heterocycles. The zero-order valence-electron chi connectivity index (χ0n) is 11.0. The highest BCUT2D eigenvalue weighted by atomic mass is 32.2. The lowest BCUT2D eigenvalue weighted by Gasteiger charge is -2.25. The first-order valence-corrected chi connectivity index (χ1v) is 8.52. The fraction of sp³-hybridized carbons (Fsp3) is 0.500. The summed E-state index contributed by atoms with van der Waals surface area (Å²) < 4.78 is 33.3. The third kappa shape index (κ3) is 4.28. The van der Waals surface area contributed by atoms with Gasteiger partial charge in [0.15, 0.2) is 0 Å². The lowest BCUT2D eigenvalue weighted by Crippen LogP contribution is -2.46. The van der Waals surface area contributed by atoms with Crippen LogP contribution in [0, 0.1) is 11.8 Å². The van der Waals surface area contributed by atoms with Gasteiger partial charge in [-0.3, -0.25) is 0 Å². The summed E-state index contributed by atoms with van der Waals surface area (Å²) in [5.74, 6) is 5.68. The van der Waals surface area contributed by atoms with Crippen LogP contribution in [-0.2, 0) is 21.5 Å². The number of rotatable bonds is 4. The summed E-state index contributed by atoms with van der Waals surface area (Å²) in [5, 5.41) is 1.89. The third-order valence-corrected chi connectivity index (χ3v) is 5.22. The molecule has 3 N–H and O–H groups in total. The van der Waals surface area contributed by atoms with Gasteiger partial charge in [-0.1, -0.05) is 11.8 Å². The largest absolute Gasteiger partial charge is 0.379 e. The maximum absolute atomic E-state index is 12.1. The van der Waals surface area contributed by atoms with Gasteiger partial charge in [-0.15, -0.1) is 11.3 Å². The molecular formula is C12H17N3O3S2. The van der Waals surface area contributed by atoms with Crippen molar-refractivity contribution in [3.63, 3.8) is 0 Å². The molecular weight excluding hydrogens is 298 g/mol. The van der Waals surface area contributed by atoms with Crippen molar-refractivity contribution in [2.45, 2.75) is 6.54 Å². The highest BCUT2D eigenvalue weighted by Crippen LogP contribution is 2.14. The lowest BCUT2D eigenvalue weighted by atomic mass is 10.3. The van der Waals surface area contributed by atoms with E-state index in [1.165, 1.54) is 15.6 Å². The predicted molar refractivity (Wildman–Crippen MR) is 78.4 cm³/mol. The molecule has 0 radical (unpaired) electrons. The molecule has 110 valence electrons. The maximum Gasteiger partial charge on any atom is 0.279 e. The molecule has 1 saturated heterocycles. The van der Waals surface area contributed by atoms with Crippen LogP contribution in [-0.4, -0.2) is 45.6 Å². The number of hydrogen-bond donors (Lipinski definition) is 2. The zero-order valence-corrected chi connectivity index (χ0v) is 12.6. The predicted octanol–water partition coefficient (Wildman–Crippen LogP) is -0.275. The van der Waals surface area contributed by atoms with Crippen molar-refractivity contribution in [1.82, 2.24) is 9.03 Å². The molecule has 0 aromatic carbocycles. The Kier molecular flexibility index (Phi) is 5.54. The second kappa shape index (κ2) is 7.17. The molecule has 0 unspecified atom stereocenters. The van der Waals surface area contributed by atoms with Crippen molar-refractivity contribution in [2.75, 3.05) is 32.8 Å². The van der Waals surface area contributed by atoms with E-state index in [0.29, 0.717) is 32.8 Å². The van der Waals surface area contributed by atoms with Gasteiger partial charge in [0.05, 0.1) is 19.8 Å². The number of ether oxygens (including phenoxy) is 1. The number of hydrogen-bond acceptors (Lipinski definition) is 5. The van der Waals surface area contributed by atoms with Gasteiger partial charge in [0.25, 0.3) is 10.2 Å². The first-order valence-electron chi connectivity index (χ1n) is 6.20. The van der Waals surface area contributed by atoms with E-state index in [-0.39, 0.29) is 6.54 Å². The first kappa shape index (κ1) is 15.4. The molecule has 0 amide bonds. The minimum absolute atomic E-state index is 0.272. The Labute approximate surface area is 123 Å². The molecule has 0 spiro atoms. The first-order chi connectivity index (χ1) is 9.62. The Bertz CT molecular complexity index is 595. The van der Waals surface area contributed by atoms with Crippen molar-refractivity contribution in [1.29, 1.82) is 0 Å². The molecule has 0 bridgehead atoms. The van der Waals surface area contributed by atoms with E-state index in [1.54, 1.807) is 0 Å². The Hall–Kier alpha value is -0.950. The van der Waals surface area contributed by atoms with Crippen LogP contribution in [0.3, 0.4) is 0 Å². The van der Waals surface area contributed by atoms with Gasteiger partial charge in [0.1, 0.15) is 0 Å². The van der Waals surface area contributed by atoms with E-state index >= 15 is 0 Å². The average Bonchev–Trinajstić information content (AvgIpc) is 2.92. The lowest BCUT2D eigenvalue weighted by molar-refractivity contribution is 0.0725. The van der Waals surface area contributed by atoms with E-state index in [1.807, 2.05) is 11.4 Å². The molecule has 1 aliphatic rings. The van der Waals surface area contributed by atoms with E-state index in [0.717, 1.165) is 10.4 Å². The van der Waals surface area contributed by atoms with Crippen LogP contribution in [0.1, 0.15) is 10.4 Å². The van der Waals surface area contributed by atoms with E-state index in [2.05, 4.69) is 16.6 Å². The van der Waals surface area contributed by atoms with Gasteiger partial charge < -0.3 is 10.5 Å². The SMILES string of the molecule is NCC#Cc1csc(CNS(=O)(=O)N2CCOCC2)c1. The third-order valence-electron chi connectivity index (χ3n) is 2.73. The standard InChI is InChI=1S/C12H17N3O3S2/c13-3-1-2-11-8-12(19-10-11)9-14-20(16,17)15-4-6-18-7-5-15/h8,10,14H,3-7,9,13H2. The van der Waals surface area contributed by atoms with Crippen LogP contribution < -0.4 is 10.5 Å². The van der Waals surface area contributed by atoms with Gasteiger partial charge in [0.2, 0.25) is 0 Å². The molecule has 0 atom stereocenters. The second-order valence-corrected chi connectivity index (χ2v) is 6.90. The number of thiophene rings is 1. The zero-order chi connectivity index (χ0) is 14.4. The normalized spacial score (nSPS) is 16.6. The van der Waals surface area contributed by atoms with Crippen molar-refractivity contribution < 1.29 is 13.2 Å². The quantitative estimate of drug-likeness (QED) is 0.749. The van der Waals surface area contributed by atoms with Crippen LogP contribution in [0.5, 0.6) is 0 Å².